The zero-order chi connectivity index (χ0) is 18.2. The molecule has 0 spiro atoms. The van der Waals surface area contributed by atoms with Crippen molar-refractivity contribution in [1.82, 2.24) is 4.98 Å². The lowest BCUT2D eigenvalue weighted by atomic mass is 10.3. The molecule has 9 heteroatoms. The number of aromatic nitrogens is 1. The average molecular weight is 363 g/mol. The van der Waals surface area contributed by atoms with E-state index in [4.69, 9.17) is 9.47 Å². The van der Waals surface area contributed by atoms with Gasteiger partial charge in [-0.15, -0.1) is 11.3 Å². The normalized spacial score (nSPS) is 10.0. The summed E-state index contributed by atoms with van der Waals surface area (Å²) in [6.07, 6.45) is 0. The van der Waals surface area contributed by atoms with Crippen LogP contribution in [0.2, 0.25) is 0 Å². The Morgan fingerprint density at radius 1 is 1.24 bits per heavy atom. The third-order valence-electron chi connectivity index (χ3n) is 2.77. The minimum Gasteiger partial charge on any atom is -0.482 e. The Morgan fingerprint density at radius 3 is 2.76 bits per heavy atom. The second kappa shape index (κ2) is 8.78. The van der Waals surface area contributed by atoms with Crippen molar-refractivity contribution in [3.05, 3.63) is 35.3 Å². The molecule has 25 heavy (non-hydrogen) atoms. The largest absolute Gasteiger partial charge is 0.482 e. The van der Waals surface area contributed by atoms with Crippen LogP contribution in [-0.4, -0.2) is 36.0 Å². The molecule has 2 rings (SSSR count). The van der Waals surface area contributed by atoms with Gasteiger partial charge in [0, 0.05) is 24.1 Å². The van der Waals surface area contributed by atoms with Gasteiger partial charge in [0.1, 0.15) is 11.4 Å². The summed E-state index contributed by atoms with van der Waals surface area (Å²) in [5.41, 5.74) is 0.673. The average Bonchev–Trinajstić information content (AvgIpc) is 3.01. The van der Waals surface area contributed by atoms with E-state index in [1.165, 1.54) is 6.92 Å². The monoisotopic (exact) mass is 363 g/mol. The fourth-order valence-corrected chi connectivity index (χ4v) is 2.53. The van der Waals surface area contributed by atoms with Gasteiger partial charge in [-0.25, -0.2) is 9.78 Å². The van der Waals surface area contributed by atoms with Gasteiger partial charge in [-0.3, -0.25) is 9.59 Å². The SMILES string of the molecule is CCOC(=O)COc1cccc(NC(=O)c2csc(NC(C)=O)n2)c1. The van der Waals surface area contributed by atoms with E-state index in [1.54, 1.807) is 36.6 Å². The third-order valence-corrected chi connectivity index (χ3v) is 3.53. The Kier molecular flexibility index (Phi) is 6.47. The molecule has 0 unspecified atom stereocenters. The third kappa shape index (κ3) is 5.88. The number of thiazole rings is 1. The molecule has 2 N–H and O–H groups in total. The Hall–Kier alpha value is -2.94. The number of hydrogen-bond donors (Lipinski definition) is 2. The molecular formula is C16H17N3O5S. The summed E-state index contributed by atoms with van der Waals surface area (Å²) in [5, 5.41) is 7.08. The van der Waals surface area contributed by atoms with Gasteiger partial charge in [-0.05, 0) is 19.1 Å². The van der Waals surface area contributed by atoms with Gasteiger partial charge < -0.3 is 20.1 Å². The number of ether oxygens (including phenoxy) is 2. The lowest BCUT2D eigenvalue weighted by Crippen LogP contribution is -2.15. The van der Waals surface area contributed by atoms with E-state index in [0.29, 0.717) is 16.6 Å². The highest BCUT2D eigenvalue weighted by atomic mass is 32.1. The Morgan fingerprint density at radius 2 is 2.04 bits per heavy atom. The Bertz CT molecular complexity index is 775. The molecule has 0 radical (unpaired) electrons. The van der Waals surface area contributed by atoms with Gasteiger partial charge in [0.05, 0.1) is 6.61 Å². The first-order valence-electron chi connectivity index (χ1n) is 7.41. The minimum absolute atomic E-state index is 0.187. The summed E-state index contributed by atoms with van der Waals surface area (Å²) in [5.74, 6) is -0.726. The van der Waals surface area contributed by atoms with E-state index in [2.05, 4.69) is 15.6 Å². The molecule has 132 valence electrons. The fraction of sp³-hybridized carbons (Fsp3) is 0.250. The zero-order valence-electron chi connectivity index (χ0n) is 13.7. The van der Waals surface area contributed by atoms with Crippen molar-refractivity contribution in [2.45, 2.75) is 13.8 Å². The summed E-state index contributed by atoms with van der Waals surface area (Å²) >= 11 is 1.16. The van der Waals surface area contributed by atoms with Crippen LogP contribution >= 0.6 is 11.3 Å². The number of hydrogen-bond acceptors (Lipinski definition) is 7. The van der Waals surface area contributed by atoms with Gasteiger partial charge in [0.15, 0.2) is 11.7 Å². The van der Waals surface area contributed by atoms with Gasteiger partial charge in [0.2, 0.25) is 5.91 Å². The smallest absolute Gasteiger partial charge is 0.344 e. The lowest BCUT2D eigenvalue weighted by Gasteiger charge is -2.08. The number of carbonyl (C=O) groups is 3. The molecule has 0 aliphatic carbocycles. The predicted molar refractivity (Wildman–Crippen MR) is 92.9 cm³/mol. The maximum Gasteiger partial charge on any atom is 0.344 e. The Labute approximate surface area is 148 Å². The van der Waals surface area contributed by atoms with Crippen LogP contribution in [0.25, 0.3) is 0 Å². The van der Waals surface area contributed by atoms with Crippen molar-refractivity contribution in [3.8, 4) is 5.75 Å². The molecule has 0 saturated heterocycles. The molecule has 0 atom stereocenters. The maximum atomic E-state index is 12.2. The molecule has 0 saturated carbocycles. The van der Waals surface area contributed by atoms with E-state index in [-0.39, 0.29) is 24.8 Å². The standard InChI is InChI=1S/C16H17N3O5S/c1-3-23-14(21)8-24-12-6-4-5-11(7-12)18-15(22)13-9-25-16(19-13)17-10(2)20/h4-7,9H,3,8H2,1-2H3,(H,18,22)(H,17,19,20). The summed E-state index contributed by atoms with van der Waals surface area (Å²) in [4.78, 5) is 38.5. The van der Waals surface area contributed by atoms with Gasteiger partial charge in [0.25, 0.3) is 5.91 Å². The molecule has 1 heterocycles. The van der Waals surface area contributed by atoms with Crippen molar-refractivity contribution < 1.29 is 23.9 Å². The number of nitrogens with zero attached hydrogens (tertiary/aromatic N) is 1. The van der Waals surface area contributed by atoms with Gasteiger partial charge in [-0.2, -0.15) is 0 Å². The summed E-state index contributed by atoms with van der Waals surface area (Å²) in [6, 6.07) is 6.60. The second-order valence-electron chi connectivity index (χ2n) is 4.79. The minimum atomic E-state index is -0.468. The quantitative estimate of drug-likeness (QED) is 0.731. The molecule has 8 nitrogen and oxygen atoms in total. The number of carbonyl (C=O) groups excluding carboxylic acids is 3. The number of amides is 2. The molecule has 1 aromatic carbocycles. The van der Waals surface area contributed by atoms with Crippen molar-refractivity contribution in [3.63, 3.8) is 0 Å². The number of anilines is 2. The number of esters is 1. The summed E-state index contributed by atoms with van der Waals surface area (Å²) < 4.78 is 10.1. The second-order valence-corrected chi connectivity index (χ2v) is 5.65. The number of benzene rings is 1. The fourth-order valence-electron chi connectivity index (χ4n) is 1.79. The van der Waals surface area contributed by atoms with Gasteiger partial charge in [-0.1, -0.05) is 6.07 Å². The maximum absolute atomic E-state index is 12.2. The molecule has 1 aromatic heterocycles. The van der Waals surface area contributed by atoms with Crippen LogP contribution in [0.1, 0.15) is 24.3 Å². The lowest BCUT2D eigenvalue weighted by molar-refractivity contribution is -0.145. The first-order valence-corrected chi connectivity index (χ1v) is 8.29. The van der Waals surface area contributed by atoms with Crippen molar-refractivity contribution >= 4 is 39.9 Å². The van der Waals surface area contributed by atoms with E-state index in [0.717, 1.165) is 11.3 Å². The van der Waals surface area contributed by atoms with Gasteiger partial charge >= 0.3 is 5.97 Å². The van der Waals surface area contributed by atoms with E-state index >= 15 is 0 Å². The Balaban J connectivity index is 1.96. The molecule has 2 amide bonds. The van der Waals surface area contributed by atoms with Crippen LogP contribution in [0, 0.1) is 0 Å². The van der Waals surface area contributed by atoms with Crippen molar-refractivity contribution in [2.24, 2.45) is 0 Å². The van der Waals surface area contributed by atoms with Crippen LogP contribution in [0.15, 0.2) is 29.6 Å². The topological polar surface area (TPSA) is 107 Å². The highest BCUT2D eigenvalue weighted by Crippen LogP contribution is 2.20. The van der Waals surface area contributed by atoms with Crippen LogP contribution in [0.3, 0.4) is 0 Å². The molecular weight excluding hydrogens is 346 g/mol. The predicted octanol–water partition coefficient (Wildman–Crippen LogP) is 2.30. The van der Waals surface area contributed by atoms with E-state index < -0.39 is 11.9 Å². The summed E-state index contributed by atoms with van der Waals surface area (Å²) in [6.45, 7) is 3.15. The molecule has 2 aromatic rings. The first-order chi connectivity index (χ1) is 12.0. The molecule has 0 fully saturated rings. The van der Waals surface area contributed by atoms with Crippen molar-refractivity contribution in [2.75, 3.05) is 23.8 Å². The van der Waals surface area contributed by atoms with Crippen LogP contribution in [0.5, 0.6) is 5.75 Å². The first kappa shape index (κ1) is 18.4. The summed E-state index contributed by atoms with van der Waals surface area (Å²) in [7, 11) is 0. The highest BCUT2D eigenvalue weighted by Gasteiger charge is 2.12. The number of nitrogens with one attached hydrogen (secondary N) is 2. The highest BCUT2D eigenvalue weighted by molar-refractivity contribution is 7.14. The molecule has 0 aliphatic rings. The van der Waals surface area contributed by atoms with Crippen LogP contribution in [-0.2, 0) is 14.3 Å². The molecule has 0 bridgehead atoms. The van der Waals surface area contributed by atoms with Crippen molar-refractivity contribution in [1.29, 1.82) is 0 Å². The molecule has 0 aliphatic heterocycles. The zero-order valence-corrected chi connectivity index (χ0v) is 14.5. The number of rotatable bonds is 7. The van der Waals surface area contributed by atoms with Crippen LogP contribution in [0.4, 0.5) is 10.8 Å². The van der Waals surface area contributed by atoms with E-state index in [1.807, 2.05) is 0 Å². The van der Waals surface area contributed by atoms with Crippen LogP contribution < -0.4 is 15.4 Å². The van der Waals surface area contributed by atoms with E-state index in [9.17, 15) is 14.4 Å².